The number of amides is 1. The third kappa shape index (κ3) is 3.07. The Hall–Kier alpha value is -3.33. The molecule has 0 radical (unpaired) electrons. The molecule has 1 atom stereocenters. The summed E-state index contributed by atoms with van der Waals surface area (Å²) < 4.78 is 22.1. The summed E-state index contributed by atoms with van der Waals surface area (Å²) in [5.41, 5.74) is 8.56. The SMILES string of the molecule is CCN(C(=O)c1cc2c(cc1F)nc(N)c1cncn12)[C@@H]1CSc2cc(OC)ccc21. The lowest BCUT2D eigenvalue weighted by atomic mass is 10.0. The predicted molar refractivity (Wildman–Crippen MR) is 118 cm³/mol. The lowest BCUT2D eigenvalue weighted by Gasteiger charge is -2.28. The fourth-order valence-electron chi connectivity index (χ4n) is 4.08. The zero-order valence-corrected chi connectivity index (χ0v) is 17.8. The predicted octanol–water partition coefficient (Wildman–Crippen LogP) is 3.92. The van der Waals surface area contributed by atoms with E-state index in [0.29, 0.717) is 28.8 Å². The zero-order chi connectivity index (χ0) is 21.7. The van der Waals surface area contributed by atoms with E-state index in [1.807, 2.05) is 25.1 Å². The molecule has 31 heavy (non-hydrogen) atoms. The van der Waals surface area contributed by atoms with E-state index in [0.717, 1.165) is 16.2 Å². The first-order chi connectivity index (χ1) is 15.0. The number of ether oxygens (including phenoxy) is 1. The van der Waals surface area contributed by atoms with Crippen molar-refractivity contribution in [3.05, 3.63) is 59.8 Å². The van der Waals surface area contributed by atoms with Crippen LogP contribution in [0.15, 0.2) is 47.8 Å². The molecule has 0 unspecified atom stereocenters. The summed E-state index contributed by atoms with van der Waals surface area (Å²) in [6.45, 7) is 2.35. The molecule has 7 nitrogen and oxygen atoms in total. The third-order valence-corrected chi connectivity index (χ3v) is 6.80. The van der Waals surface area contributed by atoms with Crippen molar-refractivity contribution in [1.29, 1.82) is 0 Å². The number of nitrogen functional groups attached to an aromatic ring is 1. The molecular weight excluding hydrogens is 417 g/mol. The van der Waals surface area contributed by atoms with Crippen molar-refractivity contribution in [2.24, 2.45) is 0 Å². The van der Waals surface area contributed by atoms with Gasteiger partial charge in [0.15, 0.2) is 0 Å². The molecule has 4 aromatic rings. The number of hydrogen-bond acceptors (Lipinski definition) is 6. The monoisotopic (exact) mass is 437 g/mol. The Morgan fingerprint density at radius 1 is 1.35 bits per heavy atom. The third-order valence-electron chi connectivity index (χ3n) is 5.65. The molecular formula is C22H20FN5O2S. The molecule has 1 aliphatic rings. The van der Waals surface area contributed by atoms with Crippen LogP contribution in [-0.4, -0.2) is 44.6 Å². The first-order valence-electron chi connectivity index (χ1n) is 9.84. The van der Waals surface area contributed by atoms with Crippen molar-refractivity contribution < 1.29 is 13.9 Å². The number of nitrogens with two attached hydrogens (primary N) is 1. The van der Waals surface area contributed by atoms with Gasteiger partial charge in [0.05, 0.1) is 42.3 Å². The number of thioether (sulfide) groups is 1. The fraction of sp³-hybridized carbons (Fsp3) is 0.227. The van der Waals surface area contributed by atoms with E-state index in [1.54, 1.807) is 40.7 Å². The number of rotatable bonds is 4. The molecule has 1 aliphatic heterocycles. The second-order valence-corrected chi connectivity index (χ2v) is 8.35. The Kier molecular flexibility index (Phi) is 4.70. The highest BCUT2D eigenvalue weighted by atomic mass is 32.2. The molecule has 0 saturated carbocycles. The number of aromatic nitrogens is 3. The van der Waals surface area contributed by atoms with Crippen molar-refractivity contribution in [3.63, 3.8) is 0 Å². The summed E-state index contributed by atoms with van der Waals surface area (Å²) in [6, 6.07) is 8.49. The van der Waals surface area contributed by atoms with Crippen molar-refractivity contribution >= 4 is 40.0 Å². The van der Waals surface area contributed by atoms with Gasteiger partial charge in [-0.2, -0.15) is 0 Å². The van der Waals surface area contributed by atoms with Gasteiger partial charge in [0.25, 0.3) is 5.91 Å². The second-order valence-electron chi connectivity index (χ2n) is 7.29. The molecule has 0 fully saturated rings. The van der Waals surface area contributed by atoms with Gasteiger partial charge < -0.3 is 15.4 Å². The Labute approximate surface area is 182 Å². The average molecular weight is 438 g/mol. The van der Waals surface area contributed by atoms with Crippen LogP contribution < -0.4 is 10.5 Å². The van der Waals surface area contributed by atoms with Crippen LogP contribution in [0.3, 0.4) is 0 Å². The maximum absolute atomic E-state index is 15.0. The van der Waals surface area contributed by atoms with Crippen LogP contribution >= 0.6 is 11.8 Å². The van der Waals surface area contributed by atoms with Crippen LogP contribution in [0, 0.1) is 5.82 Å². The van der Waals surface area contributed by atoms with Crippen LogP contribution in [0.2, 0.25) is 0 Å². The Morgan fingerprint density at radius 2 is 2.19 bits per heavy atom. The average Bonchev–Trinajstić information content (AvgIpc) is 3.42. The van der Waals surface area contributed by atoms with Crippen LogP contribution in [0.25, 0.3) is 16.6 Å². The van der Waals surface area contributed by atoms with Gasteiger partial charge in [0, 0.05) is 23.3 Å². The molecule has 0 aliphatic carbocycles. The van der Waals surface area contributed by atoms with Crippen LogP contribution in [0.1, 0.15) is 28.9 Å². The number of carbonyl (C=O) groups excluding carboxylic acids is 1. The van der Waals surface area contributed by atoms with Gasteiger partial charge in [0.2, 0.25) is 0 Å². The van der Waals surface area contributed by atoms with E-state index in [-0.39, 0.29) is 23.3 Å². The zero-order valence-electron chi connectivity index (χ0n) is 17.0. The minimum Gasteiger partial charge on any atom is -0.497 e. The molecule has 2 N–H and O–H groups in total. The second kappa shape index (κ2) is 7.42. The fourth-order valence-corrected chi connectivity index (χ4v) is 5.35. The van der Waals surface area contributed by atoms with Crippen molar-refractivity contribution in [2.45, 2.75) is 17.9 Å². The molecule has 158 valence electrons. The summed E-state index contributed by atoms with van der Waals surface area (Å²) in [5, 5.41) is 0. The van der Waals surface area contributed by atoms with Crippen LogP contribution in [-0.2, 0) is 0 Å². The molecule has 3 heterocycles. The minimum atomic E-state index is -0.622. The van der Waals surface area contributed by atoms with Gasteiger partial charge in [-0.1, -0.05) is 6.07 Å². The van der Waals surface area contributed by atoms with Gasteiger partial charge in [-0.15, -0.1) is 11.8 Å². The topological polar surface area (TPSA) is 85.8 Å². The Bertz CT molecular complexity index is 1340. The van der Waals surface area contributed by atoms with E-state index in [9.17, 15) is 4.79 Å². The highest BCUT2D eigenvalue weighted by molar-refractivity contribution is 7.99. The number of fused-ring (bicyclic) bond motifs is 4. The summed E-state index contributed by atoms with van der Waals surface area (Å²) in [7, 11) is 1.63. The number of nitrogens with zero attached hydrogens (tertiary/aromatic N) is 4. The van der Waals surface area contributed by atoms with E-state index in [2.05, 4.69) is 9.97 Å². The molecule has 0 bridgehead atoms. The number of hydrogen-bond donors (Lipinski definition) is 1. The van der Waals surface area contributed by atoms with Gasteiger partial charge in [-0.25, -0.2) is 14.4 Å². The molecule has 1 amide bonds. The maximum atomic E-state index is 15.0. The standard InChI is InChI=1S/C22H20FN5O2S/c1-3-27(19-10-31-20-6-12(30-2)4-5-13(19)20)22(29)14-7-17-16(8-15(14)23)26-21(24)18-9-25-11-28(17)18/h4-9,11,19H,3,10H2,1-2H3,(H2,24,26)/t19-/m1/s1. The molecule has 0 spiro atoms. The first-order valence-corrected chi connectivity index (χ1v) is 10.8. The molecule has 0 saturated heterocycles. The highest BCUT2D eigenvalue weighted by Crippen LogP contribution is 2.43. The van der Waals surface area contributed by atoms with Crippen molar-refractivity contribution in [3.8, 4) is 5.75 Å². The van der Waals surface area contributed by atoms with Gasteiger partial charge >= 0.3 is 0 Å². The molecule has 2 aromatic heterocycles. The largest absolute Gasteiger partial charge is 0.497 e. The lowest BCUT2D eigenvalue weighted by molar-refractivity contribution is 0.0702. The smallest absolute Gasteiger partial charge is 0.257 e. The highest BCUT2D eigenvalue weighted by Gasteiger charge is 2.33. The number of halogens is 1. The normalized spacial score (nSPS) is 15.4. The van der Waals surface area contributed by atoms with E-state index in [1.165, 1.54) is 12.1 Å². The number of carbonyl (C=O) groups is 1. The Balaban J connectivity index is 1.58. The maximum Gasteiger partial charge on any atom is 0.257 e. The van der Waals surface area contributed by atoms with Gasteiger partial charge in [-0.3, -0.25) is 9.20 Å². The molecule has 2 aromatic carbocycles. The van der Waals surface area contributed by atoms with Crippen LogP contribution in [0.5, 0.6) is 5.75 Å². The van der Waals surface area contributed by atoms with Gasteiger partial charge in [-0.05, 0) is 30.7 Å². The number of imidazole rings is 1. The number of anilines is 1. The summed E-state index contributed by atoms with van der Waals surface area (Å²) in [4.78, 5) is 24.6. The lowest BCUT2D eigenvalue weighted by Crippen LogP contribution is -2.35. The summed E-state index contributed by atoms with van der Waals surface area (Å²) in [5.74, 6) is 0.761. The van der Waals surface area contributed by atoms with E-state index < -0.39 is 5.82 Å². The first kappa shape index (κ1) is 19.6. The van der Waals surface area contributed by atoms with Crippen LogP contribution in [0.4, 0.5) is 10.2 Å². The van der Waals surface area contributed by atoms with Gasteiger partial charge in [0.1, 0.15) is 22.9 Å². The minimum absolute atomic E-state index is 0.00267. The summed E-state index contributed by atoms with van der Waals surface area (Å²) in [6.07, 6.45) is 3.17. The molecule has 9 heteroatoms. The number of methoxy groups -OCH3 is 1. The quantitative estimate of drug-likeness (QED) is 0.521. The summed E-state index contributed by atoms with van der Waals surface area (Å²) >= 11 is 1.67. The number of benzene rings is 2. The van der Waals surface area contributed by atoms with Crippen molar-refractivity contribution in [1.82, 2.24) is 19.3 Å². The van der Waals surface area contributed by atoms with Crippen molar-refractivity contribution in [2.75, 3.05) is 25.1 Å². The van der Waals surface area contributed by atoms with E-state index in [4.69, 9.17) is 10.5 Å². The molecule has 5 rings (SSSR count). The Morgan fingerprint density at radius 3 is 2.97 bits per heavy atom. The van der Waals surface area contributed by atoms with E-state index >= 15 is 4.39 Å².